The first kappa shape index (κ1) is 7.96. The minimum atomic E-state index is -0.776. The predicted molar refractivity (Wildman–Crippen MR) is 37.4 cm³/mol. The van der Waals surface area contributed by atoms with Gasteiger partial charge in [-0.2, -0.15) is 0 Å². The number of hydrogen-bond donors (Lipinski definition) is 0. The molecule has 0 radical (unpaired) electrons. The molecule has 0 amide bonds. The standard InChI is InChI=1S/C8H14F2/c1-5-3-8(10)6(2)4-7(5)9/h5-8H,3-4H2,1-2H3/t5?,6?,7-,8?/m1/s1. The van der Waals surface area contributed by atoms with Crippen LogP contribution in [0.3, 0.4) is 0 Å². The van der Waals surface area contributed by atoms with Crippen LogP contribution in [-0.2, 0) is 0 Å². The molecule has 0 aromatic heterocycles. The van der Waals surface area contributed by atoms with Gasteiger partial charge in [-0.25, -0.2) is 8.78 Å². The lowest BCUT2D eigenvalue weighted by Crippen LogP contribution is -2.31. The molecule has 0 bridgehead atoms. The highest BCUT2D eigenvalue weighted by Crippen LogP contribution is 2.32. The van der Waals surface area contributed by atoms with Crippen molar-refractivity contribution in [2.75, 3.05) is 0 Å². The van der Waals surface area contributed by atoms with Gasteiger partial charge in [0.25, 0.3) is 0 Å². The molecule has 0 aromatic rings. The highest BCUT2D eigenvalue weighted by molar-refractivity contribution is 4.81. The van der Waals surface area contributed by atoms with Gasteiger partial charge in [-0.3, -0.25) is 0 Å². The first-order valence-corrected chi connectivity index (χ1v) is 3.89. The summed E-state index contributed by atoms with van der Waals surface area (Å²) < 4.78 is 25.7. The van der Waals surface area contributed by atoms with Gasteiger partial charge in [0.1, 0.15) is 12.3 Å². The van der Waals surface area contributed by atoms with Crippen molar-refractivity contribution in [3.63, 3.8) is 0 Å². The first-order chi connectivity index (χ1) is 4.61. The van der Waals surface area contributed by atoms with E-state index in [0.717, 1.165) is 0 Å². The minimum absolute atomic E-state index is 0.0776. The summed E-state index contributed by atoms with van der Waals surface area (Å²) in [5.41, 5.74) is 0. The first-order valence-electron chi connectivity index (χ1n) is 3.89. The van der Waals surface area contributed by atoms with Crippen LogP contribution in [0, 0.1) is 11.8 Å². The second-order valence-electron chi connectivity index (χ2n) is 3.46. The Balaban J connectivity index is 2.46. The van der Waals surface area contributed by atoms with Crippen molar-refractivity contribution in [1.29, 1.82) is 0 Å². The third-order valence-corrected chi connectivity index (χ3v) is 2.43. The molecular weight excluding hydrogens is 134 g/mol. The lowest BCUT2D eigenvalue weighted by atomic mass is 9.81. The lowest BCUT2D eigenvalue weighted by molar-refractivity contribution is 0.0696. The average Bonchev–Trinajstić information content (AvgIpc) is 1.84. The van der Waals surface area contributed by atoms with Crippen molar-refractivity contribution in [2.24, 2.45) is 11.8 Å². The van der Waals surface area contributed by atoms with Gasteiger partial charge < -0.3 is 0 Å². The molecule has 1 saturated carbocycles. The van der Waals surface area contributed by atoms with Crippen LogP contribution in [0.2, 0.25) is 0 Å². The minimum Gasteiger partial charge on any atom is -0.247 e. The fourth-order valence-electron chi connectivity index (χ4n) is 1.47. The molecule has 4 atom stereocenters. The van der Waals surface area contributed by atoms with Crippen molar-refractivity contribution in [2.45, 2.75) is 39.0 Å². The maximum Gasteiger partial charge on any atom is 0.103 e. The quantitative estimate of drug-likeness (QED) is 0.495. The summed E-state index contributed by atoms with van der Waals surface area (Å²) in [6.45, 7) is 3.56. The molecule has 1 aliphatic rings. The second kappa shape index (κ2) is 2.85. The van der Waals surface area contributed by atoms with E-state index in [-0.39, 0.29) is 11.8 Å². The van der Waals surface area contributed by atoms with Crippen LogP contribution in [0.5, 0.6) is 0 Å². The monoisotopic (exact) mass is 148 g/mol. The van der Waals surface area contributed by atoms with Gasteiger partial charge in [-0.15, -0.1) is 0 Å². The maximum absolute atomic E-state index is 12.8. The van der Waals surface area contributed by atoms with Gasteiger partial charge in [-0.05, 0) is 24.7 Å². The number of alkyl halides is 2. The summed E-state index contributed by atoms with van der Waals surface area (Å²) in [6, 6.07) is 0. The van der Waals surface area contributed by atoms with Crippen molar-refractivity contribution >= 4 is 0 Å². The highest BCUT2D eigenvalue weighted by Gasteiger charge is 2.32. The van der Waals surface area contributed by atoms with Gasteiger partial charge in [-0.1, -0.05) is 13.8 Å². The third-order valence-electron chi connectivity index (χ3n) is 2.43. The van der Waals surface area contributed by atoms with Gasteiger partial charge >= 0.3 is 0 Å². The van der Waals surface area contributed by atoms with E-state index in [2.05, 4.69) is 0 Å². The Labute approximate surface area is 60.6 Å². The number of rotatable bonds is 0. The predicted octanol–water partition coefficient (Wildman–Crippen LogP) is 2.73. The summed E-state index contributed by atoms with van der Waals surface area (Å²) in [6.07, 6.45) is -0.742. The molecule has 0 aromatic carbocycles. The molecule has 1 fully saturated rings. The zero-order chi connectivity index (χ0) is 7.72. The van der Waals surface area contributed by atoms with Crippen LogP contribution in [0.1, 0.15) is 26.7 Å². The van der Waals surface area contributed by atoms with Crippen LogP contribution in [0.4, 0.5) is 8.78 Å². The largest absolute Gasteiger partial charge is 0.247 e. The SMILES string of the molecule is CC1C[C@@H](F)C(C)CC1F. The Hall–Kier alpha value is -0.140. The molecule has 0 heterocycles. The van der Waals surface area contributed by atoms with Gasteiger partial charge in [0.15, 0.2) is 0 Å². The summed E-state index contributed by atoms with van der Waals surface area (Å²) in [4.78, 5) is 0. The molecule has 2 heteroatoms. The van der Waals surface area contributed by atoms with Gasteiger partial charge in [0, 0.05) is 0 Å². The maximum atomic E-state index is 12.8. The molecule has 60 valence electrons. The third kappa shape index (κ3) is 1.47. The molecule has 0 spiro atoms. The second-order valence-corrected chi connectivity index (χ2v) is 3.46. The number of hydrogen-bond acceptors (Lipinski definition) is 0. The van der Waals surface area contributed by atoms with Crippen molar-refractivity contribution in [1.82, 2.24) is 0 Å². The molecule has 1 rings (SSSR count). The number of halogens is 2. The van der Waals surface area contributed by atoms with E-state index in [1.807, 2.05) is 0 Å². The molecule has 0 nitrogen and oxygen atoms in total. The smallest absolute Gasteiger partial charge is 0.103 e. The van der Waals surface area contributed by atoms with E-state index in [1.165, 1.54) is 0 Å². The topological polar surface area (TPSA) is 0 Å². The Bertz CT molecular complexity index is 87.8. The van der Waals surface area contributed by atoms with Crippen LogP contribution in [-0.4, -0.2) is 12.3 Å². The molecule has 0 N–H and O–H groups in total. The highest BCUT2D eigenvalue weighted by atomic mass is 19.1. The van der Waals surface area contributed by atoms with Crippen LogP contribution in [0.25, 0.3) is 0 Å². The normalized spacial score (nSPS) is 49.2. The summed E-state index contributed by atoms with van der Waals surface area (Å²) in [5, 5.41) is 0. The van der Waals surface area contributed by atoms with Crippen LogP contribution >= 0.6 is 0 Å². The van der Waals surface area contributed by atoms with Crippen molar-refractivity contribution in [3.05, 3.63) is 0 Å². The average molecular weight is 148 g/mol. The van der Waals surface area contributed by atoms with Crippen LogP contribution < -0.4 is 0 Å². The van der Waals surface area contributed by atoms with Crippen molar-refractivity contribution in [3.8, 4) is 0 Å². The summed E-state index contributed by atoms with van der Waals surface area (Å²) >= 11 is 0. The fraction of sp³-hybridized carbons (Fsp3) is 1.00. The van der Waals surface area contributed by atoms with E-state index >= 15 is 0 Å². The van der Waals surface area contributed by atoms with E-state index < -0.39 is 12.3 Å². The Morgan fingerprint density at radius 3 is 1.50 bits per heavy atom. The summed E-state index contributed by atoms with van der Waals surface area (Å²) in [5.74, 6) is -0.155. The Kier molecular flexibility index (Phi) is 2.27. The zero-order valence-electron chi connectivity index (χ0n) is 6.48. The molecule has 1 aliphatic carbocycles. The van der Waals surface area contributed by atoms with E-state index in [9.17, 15) is 8.78 Å². The molecule has 0 aliphatic heterocycles. The van der Waals surface area contributed by atoms with Gasteiger partial charge in [0.05, 0.1) is 0 Å². The lowest BCUT2D eigenvalue weighted by Gasteiger charge is -2.30. The molecule has 3 unspecified atom stereocenters. The fourth-order valence-corrected chi connectivity index (χ4v) is 1.47. The van der Waals surface area contributed by atoms with Crippen molar-refractivity contribution < 1.29 is 8.78 Å². The zero-order valence-corrected chi connectivity index (χ0v) is 6.48. The van der Waals surface area contributed by atoms with E-state index in [1.54, 1.807) is 13.8 Å². The van der Waals surface area contributed by atoms with Gasteiger partial charge in [0.2, 0.25) is 0 Å². The van der Waals surface area contributed by atoms with Crippen LogP contribution in [0.15, 0.2) is 0 Å². The van der Waals surface area contributed by atoms with E-state index in [4.69, 9.17) is 0 Å². The Morgan fingerprint density at radius 2 is 1.20 bits per heavy atom. The molecule has 10 heavy (non-hydrogen) atoms. The molecular formula is C8H14F2. The Morgan fingerprint density at radius 1 is 0.900 bits per heavy atom. The molecule has 0 saturated heterocycles. The summed E-state index contributed by atoms with van der Waals surface area (Å²) in [7, 11) is 0. The van der Waals surface area contributed by atoms with E-state index in [0.29, 0.717) is 12.8 Å².